The molecule has 5 rings (SSSR count). The van der Waals surface area contributed by atoms with Gasteiger partial charge in [0.15, 0.2) is 5.13 Å². The van der Waals surface area contributed by atoms with Crippen LogP contribution in [0.5, 0.6) is 0 Å². The number of hydrogen-bond acceptors (Lipinski definition) is 6. The number of H-pyrrole nitrogens is 1. The number of carboxylic acid groups (broad SMARTS) is 1. The first-order valence-electron chi connectivity index (χ1n) is 10.2. The third kappa shape index (κ3) is 4.55. The maximum Gasteiger partial charge on any atom is 1.00 e. The number of thiazole rings is 1. The average molecular weight is 497 g/mol. The molecule has 0 spiro atoms. The number of benzene rings is 1. The predicted molar refractivity (Wildman–Crippen MR) is 122 cm³/mol. The second-order valence-corrected chi connectivity index (χ2v) is 9.94. The molecule has 0 unspecified atom stereocenters. The van der Waals surface area contributed by atoms with Crippen molar-refractivity contribution < 1.29 is 33.6 Å². The van der Waals surface area contributed by atoms with Crippen molar-refractivity contribution >= 4 is 51.5 Å². The largest absolute Gasteiger partial charge is 1.00 e. The number of carbonyl (C=O) groups is 2. The molecule has 2 fully saturated rings. The third-order valence-corrected chi connectivity index (χ3v) is 8.21. The molecule has 1 aromatic carbocycles. The van der Waals surface area contributed by atoms with Crippen molar-refractivity contribution in [3.05, 3.63) is 67.9 Å². The number of halogens is 2. The second-order valence-electron chi connectivity index (χ2n) is 8.21. The van der Waals surface area contributed by atoms with Gasteiger partial charge in [0.05, 0.1) is 26.6 Å². The average Bonchev–Trinajstić information content (AvgIpc) is 3.14. The topological polar surface area (TPSA) is 101 Å². The van der Waals surface area contributed by atoms with Crippen LogP contribution in [0.15, 0.2) is 30.3 Å². The van der Waals surface area contributed by atoms with E-state index in [1.54, 1.807) is 6.92 Å². The van der Waals surface area contributed by atoms with Gasteiger partial charge in [0.25, 0.3) is 5.91 Å². The Morgan fingerprint density at radius 1 is 1.21 bits per heavy atom. The molecule has 2 aromatic heterocycles. The van der Waals surface area contributed by atoms with Crippen LogP contribution in [-0.2, 0) is 6.42 Å². The summed E-state index contributed by atoms with van der Waals surface area (Å²) < 4.78 is 0. The van der Waals surface area contributed by atoms with Crippen molar-refractivity contribution in [3.8, 4) is 0 Å². The van der Waals surface area contributed by atoms with Gasteiger partial charge in [0.2, 0.25) is 0 Å². The zero-order chi connectivity index (χ0) is 22.6. The molecule has 166 valence electrons. The summed E-state index contributed by atoms with van der Waals surface area (Å²) in [6.45, 7) is 3.17. The first-order chi connectivity index (χ1) is 15.3. The summed E-state index contributed by atoms with van der Waals surface area (Å²) in [6, 6.07) is 9.70. The number of aryl methyl sites for hydroxylation is 1. The summed E-state index contributed by atoms with van der Waals surface area (Å²) in [6.07, 6.45) is 0.443. The molecule has 1 saturated carbocycles. The summed E-state index contributed by atoms with van der Waals surface area (Å²) in [5.41, 5.74) is 2.45. The number of aromatic amines is 1. The number of aromatic carboxylic acids is 1. The molecule has 3 aromatic rings. The smallest absolute Gasteiger partial charge is 0.544 e. The number of carboxylic acids is 1. The van der Waals surface area contributed by atoms with E-state index < -0.39 is 5.97 Å². The van der Waals surface area contributed by atoms with Gasteiger partial charge in [-0.05, 0) is 12.5 Å². The van der Waals surface area contributed by atoms with Gasteiger partial charge < -0.3 is 25.1 Å². The molecule has 1 aliphatic carbocycles. The Balaban J connectivity index is 0.00000259. The summed E-state index contributed by atoms with van der Waals surface area (Å²) in [7, 11) is 0. The molecule has 0 bridgehead atoms. The minimum Gasteiger partial charge on any atom is -0.544 e. The van der Waals surface area contributed by atoms with E-state index in [9.17, 15) is 14.7 Å². The second kappa shape index (κ2) is 9.36. The van der Waals surface area contributed by atoms with Gasteiger partial charge in [-0.1, -0.05) is 64.9 Å². The maximum absolute atomic E-state index is 12.6. The minimum atomic E-state index is -1.20. The molecule has 1 aliphatic heterocycles. The monoisotopic (exact) mass is 496 g/mol. The maximum atomic E-state index is 12.6. The van der Waals surface area contributed by atoms with Crippen LogP contribution >= 0.6 is 34.5 Å². The molecule has 7 nitrogen and oxygen atoms in total. The molecule has 3 heterocycles. The van der Waals surface area contributed by atoms with Gasteiger partial charge in [0.1, 0.15) is 5.69 Å². The molecular weight excluding hydrogens is 478 g/mol. The Hall–Kier alpha value is -1.95. The van der Waals surface area contributed by atoms with Crippen molar-refractivity contribution in [2.75, 3.05) is 18.0 Å². The number of fused-ring (bicyclic) bond motifs is 1. The van der Waals surface area contributed by atoms with E-state index in [2.05, 4.69) is 20.2 Å². The van der Waals surface area contributed by atoms with Crippen LogP contribution in [0.25, 0.3) is 0 Å². The molecule has 2 N–H and O–H groups in total. The SMILES string of the molecule is Cc1[nH]c(C(=O)N[C@@H]2[C@@H]3CN(c4nc(Cc5ccccc5)c(C(=O)[O-])s4)C[C@@H]32)c(Cl)c1Cl.[Li+]. The van der Waals surface area contributed by atoms with Crippen molar-refractivity contribution in [1.82, 2.24) is 15.3 Å². The Labute approximate surface area is 216 Å². The molecule has 1 saturated heterocycles. The standard InChI is InChI=1S/C22H20Cl2N4O3S.Li/c1-10-15(23)16(24)18(25-10)20(29)27-17-12-8-28(9-13(12)17)22-26-14(19(32-22)21(30)31)7-11-5-3-2-4-6-11;/h2-6,12-13,17,25H,7-9H2,1H3,(H,27,29)(H,30,31);/q;+1/p-1/t12-,13+,17-;. The van der Waals surface area contributed by atoms with Gasteiger partial charge in [-0.15, -0.1) is 0 Å². The number of anilines is 1. The minimum absolute atomic E-state index is 0. The van der Waals surface area contributed by atoms with Crippen molar-refractivity contribution in [2.24, 2.45) is 11.8 Å². The molecule has 3 atom stereocenters. The predicted octanol–water partition coefficient (Wildman–Crippen LogP) is -0.0907. The molecule has 0 radical (unpaired) electrons. The zero-order valence-corrected chi connectivity index (χ0v) is 20.4. The Bertz CT molecular complexity index is 1200. The first-order valence-corrected chi connectivity index (χ1v) is 11.7. The van der Waals surface area contributed by atoms with Crippen LogP contribution in [0, 0.1) is 18.8 Å². The van der Waals surface area contributed by atoms with Gasteiger partial charge in [0, 0.05) is 43.1 Å². The van der Waals surface area contributed by atoms with Gasteiger partial charge >= 0.3 is 18.9 Å². The fraction of sp³-hybridized carbons (Fsp3) is 0.318. The number of hydrogen-bond donors (Lipinski definition) is 2. The number of carbonyl (C=O) groups excluding carboxylic acids is 2. The number of piperidine rings is 1. The van der Waals surface area contributed by atoms with E-state index in [1.807, 2.05) is 30.3 Å². The van der Waals surface area contributed by atoms with Gasteiger partial charge in [-0.25, -0.2) is 4.98 Å². The van der Waals surface area contributed by atoms with Crippen LogP contribution in [0.1, 0.15) is 37.1 Å². The van der Waals surface area contributed by atoms with Crippen LogP contribution in [0.2, 0.25) is 10.0 Å². The molecular formula is C22H19Cl2LiN4O3S. The number of nitrogens with one attached hydrogen (secondary N) is 2. The number of nitrogens with zero attached hydrogens (tertiary/aromatic N) is 2. The Morgan fingerprint density at radius 3 is 2.45 bits per heavy atom. The summed E-state index contributed by atoms with van der Waals surface area (Å²) in [5, 5.41) is 16.0. The van der Waals surface area contributed by atoms with Crippen LogP contribution in [0.3, 0.4) is 0 Å². The first kappa shape index (κ1) is 24.2. The Morgan fingerprint density at radius 2 is 1.88 bits per heavy atom. The van der Waals surface area contributed by atoms with Crippen LogP contribution in [-0.4, -0.2) is 41.0 Å². The molecule has 2 aliphatic rings. The molecule has 11 heteroatoms. The quantitative estimate of drug-likeness (QED) is 0.464. The number of amides is 1. The van der Waals surface area contributed by atoms with Crippen LogP contribution in [0.4, 0.5) is 5.13 Å². The normalized spacial score (nSPS) is 20.8. The summed E-state index contributed by atoms with van der Waals surface area (Å²) in [4.78, 5) is 34.0. The van der Waals surface area contributed by atoms with Gasteiger partial charge in [-0.3, -0.25) is 4.79 Å². The fourth-order valence-electron chi connectivity index (χ4n) is 4.39. The van der Waals surface area contributed by atoms with E-state index in [4.69, 9.17) is 23.2 Å². The molecule has 1 amide bonds. The van der Waals surface area contributed by atoms with Crippen molar-refractivity contribution in [2.45, 2.75) is 19.4 Å². The van der Waals surface area contributed by atoms with E-state index >= 15 is 0 Å². The van der Waals surface area contributed by atoms with Crippen LogP contribution < -0.4 is 34.2 Å². The Kier molecular flexibility index (Phi) is 6.86. The van der Waals surface area contributed by atoms with Crippen molar-refractivity contribution in [1.29, 1.82) is 0 Å². The van der Waals surface area contributed by atoms with E-state index in [0.717, 1.165) is 16.9 Å². The summed E-state index contributed by atoms with van der Waals surface area (Å²) in [5.74, 6) is -0.894. The molecule has 33 heavy (non-hydrogen) atoms. The summed E-state index contributed by atoms with van der Waals surface area (Å²) >= 11 is 13.4. The zero-order valence-electron chi connectivity index (χ0n) is 18.0. The fourth-order valence-corrected chi connectivity index (χ4v) is 5.74. The number of aromatic nitrogens is 2. The third-order valence-electron chi connectivity index (χ3n) is 6.13. The van der Waals surface area contributed by atoms with E-state index in [1.165, 1.54) is 0 Å². The van der Waals surface area contributed by atoms with Gasteiger partial charge in [-0.2, -0.15) is 0 Å². The van der Waals surface area contributed by atoms with Crippen molar-refractivity contribution in [3.63, 3.8) is 0 Å². The van der Waals surface area contributed by atoms with E-state index in [-0.39, 0.29) is 58.2 Å². The number of rotatable bonds is 6. The van der Waals surface area contributed by atoms with E-state index in [0.29, 0.717) is 41.1 Å².